The lowest BCUT2D eigenvalue weighted by Crippen LogP contribution is -2.45. The van der Waals surface area contributed by atoms with Crippen LogP contribution in [0.2, 0.25) is 5.02 Å². The molecule has 0 spiro atoms. The minimum absolute atomic E-state index is 0.204. The van der Waals surface area contributed by atoms with E-state index in [1.54, 1.807) is 52.8 Å². The second-order valence-electron chi connectivity index (χ2n) is 8.53. The van der Waals surface area contributed by atoms with Crippen LogP contribution in [0.5, 0.6) is 0 Å². The van der Waals surface area contributed by atoms with E-state index in [1.807, 2.05) is 0 Å². The number of carbonyl (C=O) groups is 1. The van der Waals surface area contributed by atoms with Crippen LogP contribution in [-0.4, -0.2) is 44.3 Å². The van der Waals surface area contributed by atoms with Crippen molar-refractivity contribution in [2.24, 2.45) is 0 Å². The number of sulfonamides is 1. The molecule has 8 heteroatoms. The zero-order valence-electron chi connectivity index (χ0n) is 19.2. The van der Waals surface area contributed by atoms with Gasteiger partial charge in [0.25, 0.3) is 5.91 Å². The number of hydrogen-bond donors (Lipinski definition) is 2. The summed E-state index contributed by atoms with van der Waals surface area (Å²) >= 11 is 5.85. The van der Waals surface area contributed by atoms with Crippen LogP contribution in [0.25, 0.3) is 0 Å². The summed E-state index contributed by atoms with van der Waals surface area (Å²) in [7, 11) is -3.51. The molecular formula is C25H34ClN3O3S. The number of nitrogens with zero attached hydrogens (tertiary/aromatic N) is 1. The lowest BCUT2D eigenvalue weighted by molar-refractivity contribution is 0.0951. The van der Waals surface area contributed by atoms with Gasteiger partial charge in [0, 0.05) is 36.3 Å². The van der Waals surface area contributed by atoms with E-state index in [2.05, 4.69) is 17.6 Å². The number of carbonyl (C=O) groups excluding carboxylic acids is 1. The van der Waals surface area contributed by atoms with E-state index in [-0.39, 0.29) is 5.91 Å². The number of amides is 1. The lowest BCUT2D eigenvalue weighted by Gasteiger charge is -2.31. The Morgan fingerprint density at radius 2 is 1.67 bits per heavy atom. The molecule has 1 amide bonds. The summed E-state index contributed by atoms with van der Waals surface area (Å²) in [5.74, 6) is -0.204. The highest BCUT2D eigenvalue weighted by atomic mass is 35.5. The van der Waals surface area contributed by atoms with E-state index in [0.29, 0.717) is 41.2 Å². The van der Waals surface area contributed by atoms with Gasteiger partial charge in [0.1, 0.15) is 0 Å². The van der Waals surface area contributed by atoms with E-state index in [4.69, 9.17) is 11.6 Å². The highest BCUT2D eigenvalue weighted by Gasteiger charge is 2.29. The summed E-state index contributed by atoms with van der Waals surface area (Å²) in [6.45, 7) is 4.60. The molecule has 2 N–H and O–H groups in total. The first-order chi connectivity index (χ1) is 15.9. The number of benzene rings is 2. The second-order valence-corrected chi connectivity index (χ2v) is 10.9. The zero-order chi connectivity index (χ0) is 23.7. The van der Waals surface area contributed by atoms with Crippen molar-refractivity contribution in [1.82, 2.24) is 14.9 Å². The van der Waals surface area contributed by atoms with Crippen molar-refractivity contribution in [3.05, 3.63) is 64.7 Å². The van der Waals surface area contributed by atoms with Crippen molar-refractivity contribution in [1.29, 1.82) is 0 Å². The van der Waals surface area contributed by atoms with Gasteiger partial charge < -0.3 is 10.6 Å². The van der Waals surface area contributed by atoms with Gasteiger partial charge in [0.05, 0.1) is 4.90 Å². The van der Waals surface area contributed by atoms with Crippen LogP contribution in [0, 0.1) is 0 Å². The molecule has 1 aliphatic rings. The lowest BCUT2D eigenvalue weighted by atomic mass is 10.1. The minimum atomic E-state index is -3.51. The maximum atomic E-state index is 13.0. The molecule has 1 fully saturated rings. The molecule has 0 bridgehead atoms. The third-order valence-corrected chi connectivity index (χ3v) is 8.20. The molecule has 0 atom stereocenters. The highest BCUT2D eigenvalue weighted by molar-refractivity contribution is 7.89. The Labute approximate surface area is 202 Å². The predicted octanol–water partition coefficient (Wildman–Crippen LogP) is 4.59. The van der Waals surface area contributed by atoms with Gasteiger partial charge in [-0.2, -0.15) is 4.31 Å². The fourth-order valence-electron chi connectivity index (χ4n) is 3.97. The minimum Gasteiger partial charge on any atom is -0.348 e. The van der Waals surface area contributed by atoms with Gasteiger partial charge in [-0.25, -0.2) is 8.42 Å². The summed E-state index contributed by atoms with van der Waals surface area (Å²) in [5.41, 5.74) is 1.36. The van der Waals surface area contributed by atoms with Crippen LogP contribution in [0.1, 0.15) is 61.4 Å². The smallest absolute Gasteiger partial charge is 0.251 e. The summed E-state index contributed by atoms with van der Waals surface area (Å²) in [4.78, 5) is 12.5. The van der Waals surface area contributed by atoms with E-state index in [9.17, 15) is 13.2 Å². The Kier molecular flexibility index (Phi) is 9.74. The van der Waals surface area contributed by atoms with Crippen LogP contribution in [0.4, 0.5) is 0 Å². The van der Waals surface area contributed by atoms with Gasteiger partial charge in [-0.3, -0.25) is 4.79 Å². The van der Waals surface area contributed by atoms with E-state index >= 15 is 0 Å². The average Bonchev–Trinajstić information content (AvgIpc) is 2.83. The van der Waals surface area contributed by atoms with Gasteiger partial charge in [0.15, 0.2) is 0 Å². The first kappa shape index (κ1) is 25.7. The molecule has 6 nitrogen and oxygen atoms in total. The number of piperidine rings is 1. The number of hydrogen-bond acceptors (Lipinski definition) is 4. The molecule has 0 saturated carbocycles. The van der Waals surface area contributed by atoms with Crippen LogP contribution in [0.15, 0.2) is 53.4 Å². The fraction of sp³-hybridized carbons (Fsp3) is 0.480. The largest absolute Gasteiger partial charge is 0.348 e. The summed E-state index contributed by atoms with van der Waals surface area (Å²) in [6, 6.07) is 13.8. The van der Waals surface area contributed by atoms with Gasteiger partial charge in [-0.1, -0.05) is 49.9 Å². The van der Waals surface area contributed by atoms with Crippen LogP contribution >= 0.6 is 11.6 Å². The van der Waals surface area contributed by atoms with Crippen molar-refractivity contribution in [3.63, 3.8) is 0 Å². The molecule has 0 aliphatic carbocycles. The van der Waals surface area contributed by atoms with E-state index < -0.39 is 10.0 Å². The van der Waals surface area contributed by atoms with Crippen LogP contribution in [-0.2, 0) is 16.6 Å². The van der Waals surface area contributed by atoms with Crippen molar-refractivity contribution in [2.45, 2.75) is 62.9 Å². The third-order valence-electron chi connectivity index (χ3n) is 6.04. The van der Waals surface area contributed by atoms with Crippen LogP contribution < -0.4 is 10.6 Å². The summed E-state index contributed by atoms with van der Waals surface area (Å²) in [6.07, 6.45) is 6.60. The highest BCUT2D eigenvalue weighted by Crippen LogP contribution is 2.21. The van der Waals surface area contributed by atoms with Crippen LogP contribution in [0.3, 0.4) is 0 Å². The Morgan fingerprint density at radius 3 is 2.30 bits per heavy atom. The number of halogens is 1. The molecule has 1 heterocycles. The Bertz CT molecular complexity index is 987. The molecule has 1 saturated heterocycles. The molecular weight excluding hydrogens is 458 g/mol. The van der Waals surface area contributed by atoms with Gasteiger partial charge in [-0.05, 0) is 67.8 Å². The Balaban J connectivity index is 1.47. The molecule has 1 aliphatic heterocycles. The monoisotopic (exact) mass is 491 g/mol. The average molecular weight is 492 g/mol. The molecule has 0 radical (unpaired) electrons. The quantitative estimate of drug-likeness (QED) is 0.450. The first-order valence-electron chi connectivity index (χ1n) is 11.8. The standard InChI is InChI=1S/C25H34ClN3O3S/c1-2-3-4-5-16-27-23-14-17-29(18-15-23)33(31,32)24-12-6-20(7-13-24)19-28-25(30)21-8-10-22(26)11-9-21/h6-13,23,27H,2-5,14-19H2,1H3,(H,28,30). The number of unbranched alkanes of at least 4 members (excludes halogenated alkanes) is 3. The van der Waals surface area contributed by atoms with Crippen molar-refractivity contribution in [3.8, 4) is 0 Å². The van der Waals surface area contributed by atoms with Gasteiger partial charge in [-0.15, -0.1) is 0 Å². The van der Waals surface area contributed by atoms with Crippen molar-refractivity contribution in [2.75, 3.05) is 19.6 Å². The number of nitrogens with one attached hydrogen (secondary N) is 2. The molecule has 3 rings (SSSR count). The molecule has 2 aromatic carbocycles. The van der Waals surface area contributed by atoms with E-state index in [0.717, 1.165) is 24.9 Å². The SMILES string of the molecule is CCCCCCNC1CCN(S(=O)(=O)c2ccc(CNC(=O)c3ccc(Cl)cc3)cc2)CC1. The zero-order valence-corrected chi connectivity index (χ0v) is 20.8. The topological polar surface area (TPSA) is 78.5 Å². The Morgan fingerprint density at radius 1 is 1.00 bits per heavy atom. The normalized spacial score (nSPS) is 15.5. The van der Waals surface area contributed by atoms with Gasteiger partial charge >= 0.3 is 0 Å². The van der Waals surface area contributed by atoms with Crippen molar-refractivity contribution >= 4 is 27.5 Å². The molecule has 0 aromatic heterocycles. The summed E-state index contributed by atoms with van der Waals surface area (Å²) in [5, 5.41) is 6.99. The number of rotatable bonds is 11. The predicted molar refractivity (Wildman–Crippen MR) is 133 cm³/mol. The van der Waals surface area contributed by atoms with Crippen molar-refractivity contribution < 1.29 is 13.2 Å². The fourth-order valence-corrected chi connectivity index (χ4v) is 5.57. The van der Waals surface area contributed by atoms with Gasteiger partial charge in [0.2, 0.25) is 10.0 Å². The molecule has 33 heavy (non-hydrogen) atoms. The maximum absolute atomic E-state index is 13.0. The first-order valence-corrected chi connectivity index (χ1v) is 13.6. The Hall–Kier alpha value is -1.93. The molecule has 180 valence electrons. The second kappa shape index (κ2) is 12.5. The molecule has 0 unspecified atom stereocenters. The third kappa shape index (κ3) is 7.54. The maximum Gasteiger partial charge on any atom is 0.251 e. The summed E-state index contributed by atoms with van der Waals surface area (Å²) < 4.78 is 27.7. The molecule has 2 aromatic rings. The van der Waals surface area contributed by atoms with E-state index in [1.165, 1.54) is 25.7 Å².